The van der Waals surface area contributed by atoms with Gasteiger partial charge in [0.1, 0.15) is 0 Å². The summed E-state index contributed by atoms with van der Waals surface area (Å²) >= 11 is 12.0. The molecule has 0 spiro atoms. The van der Waals surface area contributed by atoms with Crippen LogP contribution in [0.25, 0.3) is 11.6 Å². The third kappa shape index (κ3) is 3.54. The molecule has 0 amide bonds. The summed E-state index contributed by atoms with van der Waals surface area (Å²) in [4.78, 5) is 0. The number of halogens is 2. The number of nitrogens with zero attached hydrogens (tertiary/aromatic N) is 1. The quantitative estimate of drug-likeness (QED) is 0.579. The Labute approximate surface area is 139 Å². The van der Waals surface area contributed by atoms with Gasteiger partial charge in [-0.2, -0.15) is 5.26 Å². The van der Waals surface area contributed by atoms with Crippen LogP contribution in [0.15, 0.2) is 36.4 Å². The minimum atomic E-state index is 0.463. The molecule has 0 aliphatic carbocycles. The first-order chi connectivity index (χ1) is 10.6. The van der Waals surface area contributed by atoms with E-state index in [4.69, 9.17) is 32.7 Å². The Kier molecular flexibility index (Phi) is 5.32. The Morgan fingerprint density at radius 1 is 1.05 bits per heavy atom. The maximum Gasteiger partial charge on any atom is 0.161 e. The first-order valence-corrected chi connectivity index (χ1v) is 7.14. The van der Waals surface area contributed by atoms with Gasteiger partial charge in [0.2, 0.25) is 0 Å². The summed E-state index contributed by atoms with van der Waals surface area (Å²) in [5, 5.41) is 10.5. The third-order valence-corrected chi connectivity index (χ3v) is 3.64. The van der Waals surface area contributed by atoms with Gasteiger partial charge in [0.05, 0.1) is 25.9 Å². The first-order valence-electron chi connectivity index (χ1n) is 6.38. The summed E-state index contributed by atoms with van der Waals surface area (Å²) in [7, 11) is 3.11. The van der Waals surface area contributed by atoms with Crippen LogP contribution in [0.3, 0.4) is 0 Å². The zero-order valence-electron chi connectivity index (χ0n) is 12.1. The van der Waals surface area contributed by atoms with Crippen LogP contribution in [0.4, 0.5) is 0 Å². The lowest BCUT2D eigenvalue weighted by Crippen LogP contribution is -1.92. The average molecular weight is 334 g/mol. The molecule has 0 aliphatic rings. The fourth-order valence-electron chi connectivity index (χ4n) is 1.96. The van der Waals surface area contributed by atoms with E-state index in [1.165, 1.54) is 0 Å². The molecule has 0 atom stereocenters. The molecule has 112 valence electrons. The topological polar surface area (TPSA) is 42.2 Å². The molecule has 22 heavy (non-hydrogen) atoms. The van der Waals surface area contributed by atoms with Crippen molar-refractivity contribution in [3.63, 3.8) is 0 Å². The summed E-state index contributed by atoms with van der Waals surface area (Å²) in [6.45, 7) is 0. The molecule has 0 N–H and O–H groups in total. The minimum absolute atomic E-state index is 0.463. The lowest BCUT2D eigenvalue weighted by molar-refractivity contribution is 0.355. The lowest BCUT2D eigenvalue weighted by Gasteiger charge is -2.09. The SMILES string of the molecule is COc1ccc(/C(C#N)=C/c2ccc(Cl)cc2Cl)cc1OC. The molecule has 0 aromatic heterocycles. The molecule has 0 aliphatic heterocycles. The second-order valence-corrected chi connectivity index (χ2v) is 5.25. The maximum atomic E-state index is 9.42. The third-order valence-electron chi connectivity index (χ3n) is 3.08. The van der Waals surface area contributed by atoms with E-state index in [2.05, 4.69) is 6.07 Å². The average Bonchev–Trinajstić information content (AvgIpc) is 2.53. The minimum Gasteiger partial charge on any atom is -0.493 e. The summed E-state index contributed by atoms with van der Waals surface area (Å²) in [6.07, 6.45) is 1.71. The van der Waals surface area contributed by atoms with Gasteiger partial charge < -0.3 is 9.47 Å². The molecule has 0 radical (unpaired) electrons. The number of hydrogen-bond acceptors (Lipinski definition) is 3. The van der Waals surface area contributed by atoms with Crippen molar-refractivity contribution in [2.45, 2.75) is 0 Å². The normalized spacial score (nSPS) is 11.0. The fourth-order valence-corrected chi connectivity index (χ4v) is 2.42. The van der Waals surface area contributed by atoms with Gasteiger partial charge in [-0.05, 0) is 47.5 Å². The van der Waals surface area contributed by atoms with Gasteiger partial charge in [-0.15, -0.1) is 0 Å². The fraction of sp³-hybridized carbons (Fsp3) is 0.118. The van der Waals surface area contributed by atoms with E-state index in [9.17, 15) is 5.26 Å². The highest BCUT2D eigenvalue weighted by Gasteiger charge is 2.09. The van der Waals surface area contributed by atoms with Crippen molar-refractivity contribution in [1.82, 2.24) is 0 Å². The van der Waals surface area contributed by atoms with E-state index in [0.717, 1.165) is 5.56 Å². The van der Waals surface area contributed by atoms with E-state index >= 15 is 0 Å². The number of nitriles is 1. The molecule has 0 unspecified atom stereocenters. The van der Waals surface area contributed by atoms with Crippen LogP contribution in [0, 0.1) is 11.3 Å². The molecule has 0 bridgehead atoms. The lowest BCUT2D eigenvalue weighted by atomic mass is 10.0. The molecule has 2 aromatic carbocycles. The van der Waals surface area contributed by atoms with Gasteiger partial charge >= 0.3 is 0 Å². The Morgan fingerprint density at radius 2 is 1.77 bits per heavy atom. The smallest absolute Gasteiger partial charge is 0.161 e. The van der Waals surface area contributed by atoms with Crippen LogP contribution in [-0.2, 0) is 0 Å². The van der Waals surface area contributed by atoms with E-state index in [0.29, 0.717) is 32.7 Å². The molecule has 3 nitrogen and oxygen atoms in total. The van der Waals surface area contributed by atoms with Gasteiger partial charge in [-0.1, -0.05) is 29.3 Å². The number of methoxy groups -OCH3 is 2. The molecule has 2 aromatic rings. The predicted octanol–water partition coefficient (Wildman–Crippen LogP) is 5.07. The van der Waals surface area contributed by atoms with Crippen LogP contribution in [0.5, 0.6) is 11.5 Å². The number of benzene rings is 2. The van der Waals surface area contributed by atoms with Crippen LogP contribution in [-0.4, -0.2) is 14.2 Å². The second-order valence-electron chi connectivity index (χ2n) is 4.41. The largest absolute Gasteiger partial charge is 0.493 e. The molecule has 2 rings (SSSR count). The van der Waals surface area contributed by atoms with Crippen molar-refractivity contribution < 1.29 is 9.47 Å². The number of hydrogen-bond donors (Lipinski definition) is 0. The van der Waals surface area contributed by atoms with Crippen molar-refractivity contribution >= 4 is 34.9 Å². The van der Waals surface area contributed by atoms with Crippen LogP contribution in [0.1, 0.15) is 11.1 Å². The van der Waals surface area contributed by atoms with Crippen molar-refractivity contribution in [1.29, 1.82) is 5.26 Å². The standard InChI is InChI=1S/C17H13Cl2NO2/c1-21-16-6-4-11(8-17(16)22-2)13(10-20)7-12-3-5-14(18)9-15(12)19/h3-9H,1-2H3/b13-7+. The second kappa shape index (κ2) is 7.22. The van der Waals surface area contributed by atoms with Gasteiger partial charge in [-0.3, -0.25) is 0 Å². The Balaban J connectivity index is 2.48. The number of rotatable bonds is 4. The Morgan fingerprint density at radius 3 is 2.36 bits per heavy atom. The number of allylic oxidation sites excluding steroid dienone is 1. The van der Waals surface area contributed by atoms with E-state index in [1.54, 1.807) is 56.7 Å². The summed E-state index contributed by atoms with van der Waals surface area (Å²) in [5.41, 5.74) is 1.90. The molecular formula is C17H13Cl2NO2. The predicted molar refractivity (Wildman–Crippen MR) is 89.5 cm³/mol. The van der Waals surface area contributed by atoms with Gasteiger partial charge in [0.25, 0.3) is 0 Å². The first kappa shape index (κ1) is 16.2. The van der Waals surface area contributed by atoms with Gasteiger partial charge in [0.15, 0.2) is 11.5 Å². The molecule has 0 fully saturated rings. The molecular weight excluding hydrogens is 321 g/mol. The van der Waals surface area contributed by atoms with Crippen molar-refractivity contribution in [3.05, 3.63) is 57.6 Å². The van der Waals surface area contributed by atoms with Crippen molar-refractivity contribution in [2.75, 3.05) is 14.2 Å². The Hall–Kier alpha value is -2.15. The maximum absolute atomic E-state index is 9.42. The Bertz CT molecular complexity index is 764. The van der Waals surface area contributed by atoms with Gasteiger partial charge in [-0.25, -0.2) is 0 Å². The zero-order chi connectivity index (χ0) is 16.1. The van der Waals surface area contributed by atoms with Gasteiger partial charge in [0, 0.05) is 10.0 Å². The molecule has 5 heteroatoms. The highest BCUT2D eigenvalue weighted by molar-refractivity contribution is 6.35. The van der Waals surface area contributed by atoms with Crippen molar-refractivity contribution in [3.8, 4) is 17.6 Å². The highest BCUT2D eigenvalue weighted by Crippen LogP contribution is 2.32. The number of ether oxygens (including phenoxy) is 2. The van der Waals surface area contributed by atoms with E-state index in [-0.39, 0.29) is 0 Å². The summed E-state index contributed by atoms with van der Waals surface area (Å²) < 4.78 is 10.4. The van der Waals surface area contributed by atoms with Crippen LogP contribution >= 0.6 is 23.2 Å². The van der Waals surface area contributed by atoms with Crippen molar-refractivity contribution in [2.24, 2.45) is 0 Å². The zero-order valence-corrected chi connectivity index (χ0v) is 13.6. The highest BCUT2D eigenvalue weighted by atomic mass is 35.5. The van der Waals surface area contributed by atoms with Crippen LogP contribution < -0.4 is 9.47 Å². The van der Waals surface area contributed by atoms with E-state index in [1.807, 2.05) is 0 Å². The molecule has 0 saturated carbocycles. The monoisotopic (exact) mass is 333 g/mol. The molecule has 0 saturated heterocycles. The van der Waals surface area contributed by atoms with E-state index < -0.39 is 0 Å². The summed E-state index contributed by atoms with van der Waals surface area (Å²) in [5.74, 6) is 1.16. The summed E-state index contributed by atoms with van der Waals surface area (Å²) in [6, 6.07) is 12.6. The molecule has 0 heterocycles. The van der Waals surface area contributed by atoms with Crippen LogP contribution in [0.2, 0.25) is 10.0 Å².